The van der Waals surface area contributed by atoms with Gasteiger partial charge in [0.2, 0.25) is 10.9 Å². The lowest BCUT2D eigenvalue weighted by Gasteiger charge is -2.56. The number of hydrogen-bond acceptors (Lipinski definition) is 4. The second kappa shape index (κ2) is 8.01. The van der Waals surface area contributed by atoms with Gasteiger partial charge in [0.25, 0.3) is 0 Å². The predicted octanol–water partition coefficient (Wildman–Crippen LogP) is 4.32. The van der Waals surface area contributed by atoms with E-state index in [1.807, 2.05) is 12.2 Å². The van der Waals surface area contributed by atoms with Crippen molar-refractivity contribution < 1.29 is 18.0 Å². The summed E-state index contributed by atoms with van der Waals surface area (Å²) in [6, 6.07) is 0. The molecule has 0 bridgehead atoms. The summed E-state index contributed by atoms with van der Waals surface area (Å²) in [7, 11) is -2.77. The molecule has 0 aliphatic heterocycles. The zero-order chi connectivity index (χ0) is 23.6. The first-order valence-corrected chi connectivity index (χ1v) is 13.8. The highest BCUT2D eigenvalue weighted by Gasteiger charge is 2.58. The van der Waals surface area contributed by atoms with E-state index in [0.717, 1.165) is 6.42 Å². The number of hydrogen-bond donors (Lipinski definition) is 2. The molecule has 0 unspecified atom stereocenters. The van der Waals surface area contributed by atoms with Gasteiger partial charge in [0, 0.05) is 6.42 Å². The second-order valence-electron chi connectivity index (χ2n) is 11.9. The molecule has 6 heteroatoms. The Balaban J connectivity index is 1.33. The fourth-order valence-electron chi connectivity index (χ4n) is 8.15. The minimum Gasteiger partial charge on any atom is -0.295 e. The summed E-state index contributed by atoms with van der Waals surface area (Å²) in [5.74, 6) is 2.79. The molecule has 5 aliphatic rings. The van der Waals surface area contributed by atoms with Gasteiger partial charge >= 0.3 is 0 Å². The van der Waals surface area contributed by atoms with E-state index in [1.165, 1.54) is 31.3 Å². The van der Waals surface area contributed by atoms with E-state index in [4.69, 9.17) is 0 Å². The van der Waals surface area contributed by atoms with Gasteiger partial charge in [0.05, 0.1) is 5.54 Å². The monoisotopic (exact) mass is 471 g/mol. The van der Waals surface area contributed by atoms with Crippen molar-refractivity contribution >= 4 is 22.5 Å². The first kappa shape index (κ1) is 23.2. The summed E-state index contributed by atoms with van der Waals surface area (Å²) >= 11 is 0. The lowest BCUT2D eigenvalue weighted by atomic mass is 9.48. The van der Waals surface area contributed by atoms with Crippen molar-refractivity contribution in [1.82, 2.24) is 4.72 Å². The standard InChI is InChI=1S/C27H37NO4S/c1-17(4-9-24(30)27(14-15-27)28-33(31)32)21-7-8-22-20-6-5-18-16-19(29)10-12-25(18,2)23(20)11-13-26(21,22)3/h4-6,9,16-17,20-23,33H,7-8,10-15H2,1-3H3,(H,28,31,32)/b9-4+/t17-,20+,21-,22+,23+,25+,26-/m1/s1. The minimum atomic E-state index is -2.77. The summed E-state index contributed by atoms with van der Waals surface area (Å²) in [6.07, 6.45) is 17.9. The third kappa shape index (κ3) is 3.72. The van der Waals surface area contributed by atoms with Crippen LogP contribution in [0.3, 0.4) is 0 Å². The molecule has 180 valence electrons. The molecule has 5 aliphatic carbocycles. The van der Waals surface area contributed by atoms with E-state index < -0.39 is 16.4 Å². The molecule has 1 N–H and O–H groups in total. The van der Waals surface area contributed by atoms with Crippen molar-refractivity contribution in [2.45, 2.75) is 77.7 Å². The molecule has 5 nitrogen and oxygen atoms in total. The first-order chi connectivity index (χ1) is 15.6. The third-order valence-electron chi connectivity index (χ3n) is 10.3. The summed E-state index contributed by atoms with van der Waals surface area (Å²) in [5.41, 5.74) is 0.739. The van der Waals surface area contributed by atoms with Gasteiger partial charge in [0.15, 0.2) is 11.6 Å². The molecule has 3 saturated carbocycles. The molecular weight excluding hydrogens is 434 g/mol. The van der Waals surface area contributed by atoms with Crippen molar-refractivity contribution in [2.24, 2.45) is 40.4 Å². The Morgan fingerprint density at radius 3 is 2.58 bits per heavy atom. The van der Waals surface area contributed by atoms with E-state index in [0.29, 0.717) is 42.9 Å². The van der Waals surface area contributed by atoms with Gasteiger partial charge in [-0.1, -0.05) is 39.0 Å². The maximum atomic E-state index is 12.7. The molecule has 0 saturated heterocycles. The van der Waals surface area contributed by atoms with Crippen LogP contribution in [0.1, 0.15) is 72.1 Å². The van der Waals surface area contributed by atoms with Crippen molar-refractivity contribution in [2.75, 3.05) is 0 Å². The molecule has 0 spiro atoms. The molecule has 0 heterocycles. The second-order valence-corrected chi connectivity index (χ2v) is 12.6. The van der Waals surface area contributed by atoms with Gasteiger partial charge < -0.3 is 0 Å². The van der Waals surface area contributed by atoms with Crippen LogP contribution in [0.2, 0.25) is 0 Å². The molecule has 0 aromatic carbocycles. The van der Waals surface area contributed by atoms with Crippen LogP contribution in [-0.2, 0) is 20.5 Å². The molecule has 33 heavy (non-hydrogen) atoms. The Morgan fingerprint density at radius 1 is 1.12 bits per heavy atom. The van der Waals surface area contributed by atoms with Crippen LogP contribution in [0.25, 0.3) is 0 Å². The molecule has 7 atom stereocenters. The van der Waals surface area contributed by atoms with Crippen molar-refractivity contribution in [3.63, 3.8) is 0 Å². The van der Waals surface area contributed by atoms with Crippen LogP contribution in [-0.4, -0.2) is 25.5 Å². The zero-order valence-electron chi connectivity index (χ0n) is 20.0. The Kier molecular flexibility index (Phi) is 5.64. The van der Waals surface area contributed by atoms with Gasteiger partial charge in [0.1, 0.15) is 0 Å². The predicted molar refractivity (Wildman–Crippen MR) is 129 cm³/mol. The highest BCUT2D eigenvalue weighted by Crippen LogP contribution is 2.66. The molecule has 0 radical (unpaired) electrons. The van der Waals surface area contributed by atoms with Crippen LogP contribution < -0.4 is 4.72 Å². The summed E-state index contributed by atoms with van der Waals surface area (Å²) in [5, 5.41) is 0. The Labute approximate surface area is 199 Å². The Hall–Kier alpha value is -1.53. The average Bonchev–Trinajstić information content (AvgIpc) is 3.44. The zero-order valence-corrected chi connectivity index (χ0v) is 20.9. The number of fused-ring (bicyclic) bond motifs is 5. The third-order valence-corrected chi connectivity index (χ3v) is 10.9. The number of rotatable bonds is 6. The highest BCUT2D eigenvalue weighted by molar-refractivity contribution is 7.70. The molecular formula is C27H37NO4S. The molecule has 5 rings (SSSR count). The van der Waals surface area contributed by atoms with Crippen LogP contribution in [0.4, 0.5) is 0 Å². The van der Waals surface area contributed by atoms with E-state index >= 15 is 0 Å². The Bertz CT molecular complexity index is 1030. The van der Waals surface area contributed by atoms with E-state index in [9.17, 15) is 18.0 Å². The number of ketones is 2. The van der Waals surface area contributed by atoms with Crippen LogP contribution in [0.5, 0.6) is 0 Å². The number of allylic oxidation sites excluding steroid dienone is 5. The van der Waals surface area contributed by atoms with Crippen LogP contribution >= 0.6 is 0 Å². The van der Waals surface area contributed by atoms with Gasteiger partial charge in [-0.05, 0) is 103 Å². The average molecular weight is 472 g/mol. The van der Waals surface area contributed by atoms with Crippen LogP contribution in [0, 0.1) is 40.4 Å². The van der Waals surface area contributed by atoms with E-state index in [1.54, 1.807) is 6.08 Å². The number of thiol groups is 1. The molecule has 0 aromatic heterocycles. The number of nitrogens with one attached hydrogen (secondary N) is 1. The largest absolute Gasteiger partial charge is 0.295 e. The van der Waals surface area contributed by atoms with Crippen molar-refractivity contribution in [1.29, 1.82) is 0 Å². The maximum absolute atomic E-state index is 12.7. The molecule has 0 aromatic rings. The highest BCUT2D eigenvalue weighted by atomic mass is 32.2. The number of carbonyl (C=O) groups is 2. The summed E-state index contributed by atoms with van der Waals surface area (Å²) in [4.78, 5) is 24.7. The number of carbonyl (C=O) groups excluding carboxylic acids is 2. The Morgan fingerprint density at radius 2 is 1.88 bits per heavy atom. The van der Waals surface area contributed by atoms with Gasteiger partial charge in [-0.25, -0.2) is 13.1 Å². The minimum absolute atomic E-state index is 0.105. The molecule has 0 amide bonds. The van der Waals surface area contributed by atoms with Crippen molar-refractivity contribution in [3.8, 4) is 0 Å². The SMILES string of the molecule is C[C@H](/C=C/C(=O)C1(N[SH](=O)=O)CC1)[C@H]1CC[C@H]2[C@@H]3C=CC4=CC(=O)CC[C@]4(C)[C@H]3CC[C@]12C. The fourth-order valence-corrected chi connectivity index (χ4v) is 8.83. The smallest absolute Gasteiger partial charge is 0.202 e. The maximum Gasteiger partial charge on any atom is 0.202 e. The quantitative estimate of drug-likeness (QED) is 0.447. The van der Waals surface area contributed by atoms with E-state index in [-0.39, 0.29) is 28.3 Å². The summed E-state index contributed by atoms with van der Waals surface area (Å²) < 4.78 is 24.6. The van der Waals surface area contributed by atoms with E-state index in [2.05, 4.69) is 37.6 Å². The topological polar surface area (TPSA) is 80.3 Å². The lowest BCUT2D eigenvalue weighted by Crippen LogP contribution is -2.49. The van der Waals surface area contributed by atoms with Crippen LogP contribution in [0.15, 0.2) is 36.0 Å². The van der Waals surface area contributed by atoms with Gasteiger partial charge in [-0.3, -0.25) is 9.59 Å². The first-order valence-electron chi connectivity index (χ1n) is 12.7. The normalized spacial score (nSPS) is 41.9. The van der Waals surface area contributed by atoms with Crippen molar-refractivity contribution in [3.05, 3.63) is 36.0 Å². The fraction of sp³-hybridized carbons (Fsp3) is 0.704. The summed E-state index contributed by atoms with van der Waals surface area (Å²) in [6.45, 7) is 7.08. The molecule has 3 fully saturated rings. The lowest BCUT2D eigenvalue weighted by molar-refractivity contribution is -0.117. The van der Waals surface area contributed by atoms with Gasteiger partial charge in [-0.15, -0.1) is 0 Å². The van der Waals surface area contributed by atoms with Gasteiger partial charge in [-0.2, -0.15) is 0 Å².